The van der Waals surface area contributed by atoms with Crippen molar-refractivity contribution in [1.82, 2.24) is 0 Å². The molecule has 0 spiro atoms. The Bertz CT molecular complexity index is 308. The lowest BCUT2D eigenvalue weighted by atomic mass is 9.54. The summed E-state index contributed by atoms with van der Waals surface area (Å²) in [7, 11) is 0. The highest BCUT2D eigenvalue weighted by Crippen LogP contribution is 2.54. The van der Waals surface area contributed by atoms with Crippen LogP contribution in [-0.2, 0) is 0 Å². The van der Waals surface area contributed by atoms with E-state index in [0.717, 1.165) is 5.92 Å². The molecule has 0 N–H and O–H groups in total. The Morgan fingerprint density at radius 3 is 0.909 bits per heavy atom. The van der Waals surface area contributed by atoms with Crippen LogP contribution in [0.2, 0.25) is 0 Å². The summed E-state index contributed by atoms with van der Waals surface area (Å²) >= 11 is 0. The lowest BCUT2D eigenvalue weighted by Crippen LogP contribution is -2.42. The van der Waals surface area contributed by atoms with Crippen molar-refractivity contribution in [3.8, 4) is 0 Å². The van der Waals surface area contributed by atoms with Gasteiger partial charge >= 0.3 is 0 Å². The summed E-state index contributed by atoms with van der Waals surface area (Å²) in [5.74, 6) is 0.735. The molecule has 0 aliphatic heterocycles. The summed E-state index contributed by atoms with van der Waals surface area (Å²) in [6, 6.07) is 0. The molecule has 0 heterocycles. The van der Waals surface area contributed by atoms with Gasteiger partial charge in [-0.05, 0) is 52.3 Å². The first-order valence-corrected chi connectivity index (χ1v) is 9.25. The topological polar surface area (TPSA) is 0 Å². The first-order valence-electron chi connectivity index (χ1n) is 9.25. The van der Waals surface area contributed by atoms with Crippen molar-refractivity contribution in [3.05, 3.63) is 0 Å². The van der Waals surface area contributed by atoms with E-state index in [1.54, 1.807) is 0 Å². The molecule has 0 fully saturated rings. The molecule has 0 heteroatoms. The molecule has 0 saturated heterocycles. The third-order valence-electron chi connectivity index (χ3n) is 4.68. The van der Waals surface area contributed by atoms with Gasteiger partial charge in [0.1, 0.15) is 0 Å². The van der Waals surface area contributed by atoms with Crippen LogP contribution in [0, 0.1) is 33.0 Å². The van der Waals surface area contributed by atoms with E-state index in [-0.39, 0.29) is 0 Å². The van der Waals surface area contributed by atoms with Crippen LogP contribution in [0.5, 0.6) is 0 Å². The molecule has 0 unspecified atom stereocenters. The van der Waals surface area contributed by atoms with Gasteiger partial charge in [-0.25, -0.2) is 0 Å². The van der Waals surface area contributed by atoms with Gasteiger partial charge in [0.15, 0.2) is 0 Å². The highest BCUT2D eigenvalue weighted by atomic mass is 14.5. The molecule has 0 aromatic rings. The first-order chi connectivity index (χ1) is 9.25. The average Bonchev–Trinajstić information content (AvgIpc) is 2.03. The zero-order chi connectivity index (χ0) is 18.2. The molecule has 0 aliphatic carbocycles. The summed E-state index contributed by atoms with van der Waals surface area (Å²) in [5.41, 5.74) is 1.88. The van der Waals surface area contributed by atoms with E-state index in [1.807, 2.05) is 0 Å². The maximum absolute atomic E-state index is 2.51. The summed E-state index contributed by atoms with van der Waals surface area (Å²) in [5, 5.41) is 0. The molecule has 0 aromatic carbocycles. The monoisotopic (exact) mass is 310 g/mol. The van der Waals surface area contributed by atoms with Gasteiger partial charge in [0.2, 0.25) is 0 Å². The van der Waals surface area contributed by atoms with E-state index >= 15 is 0 Å². The van der Waals surface area contributed by atoms with Gasteiger partial charge in [0, 0.05) is 0 Å². The molecule has 0 bridgehead atoms. The Balaban J connectivity index is 5.63. The standard InChI is InChI=1S/C22H46/c1-18(2,3)14-17(21(10,11)15-19(4,5)6)22(12,13)16-20(7,8)9/h17H,14-16H2,1-13H3. The van der Waals surface area contributed by atoms with Crippen LogP contribution in [0.1, 0.15) is 109 Å². The van der Waals surface area contributed by atoms with Gasteiger partial charge in [-0.15, -0.1) is 0 Å². The van der Waals surface area contributed by atoms with Gasteiger partial charge in [0.25, 0.3) is 0 Å². The first kappa shape index (κ1) is 22.0. The lowest BCUT2D eigenvalue weighted by Gasteiger charge is -2.51. The highest BCUT2D eigenvalue weighted by Gasteiger charge is 2.45. The molecule has 0 aliphatic rings. The molecule has 0 amide bonds. The van der Waals surface area contributed by atoms with E-state index in [0.29, 0.717) is 27.1 Å². The van der Waals surface area contributed by atoms with Gasteiger partial charge < -0.3 is 0 Å². The Kier molecular flexibility index (Phi) is 6.48. The maximum atomic E-state index is 2.51. The average molecular weight is 311 g/mol. The van der Waals surface area contributed by atoms with Crippen LogP contribution < -0.4 is 0 Å². The van der Waals surface area contributed by atoms with Crippen LogP contribution in [0.25, 0.3) is 0 Å². The number of hydrogen-bond donors (Lipinski definition) is 0. The van der Waals surface area contributed by atoms with Crippen molar-refractivity contribution in [2.45, 2.75) is 109 Å². The van der Waals surface area contributed by atoms with E-state index in [9.17, 15) is 0 Å². The molecule has 22 heavy (non-hydrogen) atoms. The summed E-state index contributed by atoms with van der Waals surface area (Å²) in [4.78, 5) is 0. The van der Waals surface area contributed by atoms with Crippen LogP contribution >= 0.6 is 0 Å². The van der Waals surface area contributed by atoms with Gasteiger partial charge in [-0.2, -0.15) is 0 Å². The van der Waals surface area contributed by atoms with Crippen molar-refractivity contribution in [1.29, 1.82) is 0 Å². The van der Waals surface area contributed by atoms with Crippen molar-refractivity contribution < 1.29 is 0 Å². The van der Waals surface area contributed by atoms with E-state index in [4.69, 9.17) is 0 Å². The molecule has 0 atom stereocenters. The lowest BCUT2D eigenvalue weighted by molar-refractivity contribution is -0.0126. The van der Waals surface area contributed by atoms with Crippen LogP contribution in [0.15, 0.2) is 0 Å². The fraction of sp³-hybridized carbons (Fsp3) is 1.00. The van der Waals surface area contributed by atoms with Crippen molar-refractivity contribution in [2.75, 3.05) is 0 Å². The number of rotatable bonds is 5. The minimum Gasteiger partial charge on any atom is -0.0602 e. The summed E-state index contributed by atoms with van der Waals surface area (Å²) < 4.78 is 0. The second-order valence-electron chi connectivity index (χ2n) is 12.8. The molecule has 0 nitrogen and oxygen atoms in total. The van der Waals surface area contributed by atoms with E-state index < -0.39 is 0 Å². The molecule has 134 valence electrons. The molecular weight excluding hydrogens is 264 g/mol. The zero-order valence-corrected chi connectivity index (χ0v) is 18.2. The summed E-state index contributed by atoms with van der Waals surface area (Å²) in [6.45, 7) is 31.6. The van der Waals surface area contributed by atoms with E-state index in [2.05, 4.69) is 90.0 Å². The van der Waals surface area contributed by atoms with Crippen molar-refractivity contribution in [2.24, 2.45) is 33.0 Å². The third-order valence-corrected chi connectivity index (χ3v) is 4.68. The fourth-order valence-corrected chi connectivity index (χ4v) is 5.20. The maximum Gasteiger partial charge on any atom is -0.0306 e. The molecule has 0 rings (SSSR count). The second kappa shape index (κ2) is 6.48. The predicted octanol–water partition coefficient (Wildman–Crippen LogP) is 7.96. The minimum atomic E-state index is 0.361. The fourth-order valence-electron chi connectivity index (χ4n) is 5.20. The zero-order valence-electron chi connectivity index (χ0n) is 18.2. The van der Waals surface area contributed by atoms with Crippen LogP contribution in [0.3, 0.4) is 0 Å². The quantitative estimate of drug-likeness (QED) is 0.483. The molecule has 0 aromatic heterocycles. The second-order valence-corrected chi connectivity index (χ2v) is 12.8. The van der Waals surface area contributed by atoms with Crippen molar-refractivity contribution in [3.63, 3.8) is 0 Å². The van der Waals surface area contributed by atoms with Gasteiger partial charge in [-0.1, -0.05) is 90.0 Å². The minimum absolute atomic E-state index is 0.361. The van der Waals surface area contributed by atoms with Crippen LogP contribution in [0.4, 0.5) is 0 Å². The molecule has 0 saturated carbocycles. The largest absolute Gasteiger partial charge is 0.0602 e. The third kappa shape index (κ3) is 8.59. The van der Waals surface area contributed by atoms with E-state index in [1.165, 1.54) is 19.3 Å². The summed E-state index contributed by atoms with van der Waals surface area (Å²) in [6.07, 6.45) is 3.88. The molecular formula is C22H46. The van der Waals surface area contributed by atoms with Crippen molar-refractivity contribution >= 4 is 0 Å². The molecule has 0 radical (unpaired) electrons. The number of hydrogen-bond acceptors (Lipinski definition) is 0. The normalized spacial score (nSPS) is 15.5. The Morgan fingerprint density at radius 1 is 0.455 bits per heavy atom. The Morgan fingerprint density at radius 2 is 0.727 bits per heavy atom. The predicted molar refractivity (Wildman–Crippen MR) is 103 cm³/mol. The smallest absolute Gasteiger partial charge is 0.0306 e. The van der Waals surface area contributed by atoms with Gasteiger partial charge in [-0.3, -0.25) is 0 Å². The Labute approximate surface area is 142 Å². The van der Waals surface area contributed by atoms with Gasteiger partial charge in [0.05, 0.1) is 0 Å². The Hall–Kier alpha value is 0. The SMILES string of the molecule is CC(C)(C)CC(C(C)(C)CC(C)(C)C)C(C)(C)CC(C)(C)C. The van der Waals surface area contributed by atoms with Crippen LogP contribution in [-0.4, -0.2) is 0 Å². The highest BCUT2D eigenvalue weighted by molar-refractivity contribution is 4.94.